The predicted molar refractivity (Wildman–Crippen MR) is 103 cm³/mol. The molecule has 1 aliphatic rings. The third kappa shape index (κ3) is 3.33. The molecule has 0 aliphatic carbocycles. The van der Waals surface area contributed by atoms with Gasteiger partial charge in [-0.3, -0.25) is 9.10 Å². The van der Waals surface area contributed by atoms with Crippen molar-refractivity contribution in [3.8, 4) is 0 Å². The molecule has 0 saturated carbocycles. The summed E-state index contributed by atoms with van der Waals surface area (Å²) in [4.78, 5) is 12.4. The largest absolute Gasteiger partial charge is 0.350 e. The number of carbonyl (C=O) groups excluding carboxylic acids is 1. The first kappa shape index (κ1) is 18.5. The summed E-state index contributed by atoms with van der Waals surface area (Å²) < 4.78 is 27.8. The molecule has 1 heterocycles. The number of rotatable bonds is 5. The molecule has 0 aromatic heterocycles. The number of carbonyl (C=O) groups is 1. The van der Waals surface area contributed by atoms with E-state index in [2.05, 4.69) is 5.32 Å². The van der Waals surface area contributed by atoms with Gasteiger partial charge >= 0.3 is 0 Å². The average molecular weight is 372 g/mol. The van der Waals surface area contributed by atoms with Crippen molar-refractivity contribution in [3.63, 3.8) is 0 Å². The Balaban J connectivity index is 1.88. The molecule has 2 aromatic rings. The maximum Gasteiger partial charge on any atom is 0.264 e. The van der Waals surface area contributed by atoms with Gasteiger partial charge in [0.1, 0.15) is 0 Å². The topological polar surface area (TPSA) is 66.5 Å². The van der Waals surface area contributed by atoms with Crippen molar-refractivity contribution in [2.45, 2.75) is 50.6 Å². The molecule has 2 unspecified atom stereocenters. The maximum atomic E-state index is 13.1. The van der Waals surface area contributed by atoms with Crippen LogP contribution < -0.4 is 9.62 Å². The van der Waals surface area contributed by atoms with Gasteiger partial charge in [0.2, 0.25) is 0 Å². The summed E-state index contributed by atoms with van der Waals surface area (Å²) in [7, 11) is -3.67. The molecule has 1 amide bonds. The van der Waals surface area contributed by atoms with Crippen molar-refractivity contribution in [3.05, 3.63) is 59.7 Å². The highest BCUT2D eigenvalue weighted by molar-refractivity contribution is 7.92. The van der Waals surface area contributed by atoms with Crippen LogP contribution in [-0.2, 0) is 16.4 Å². The Bertz CT molecular complexity index is 907. The van der Waals surface area contributed by atoms with Crippen LogP contribution in [0.2, 0.25) is 0 Å². The minimum absolute atomic E-state index is 0.0767. The van der Waals surface area contributed by atoms with Crippen LogP contribution in [0, 0.1) is 0 Å². The van der Waals surface area contributed by atoms with E-state index in [0.29, 0.717) is 12.0 Å². The summed E-state index contributed by atoms with van der Waals surface area (Å²) in [5.74, 6) is -0.191. The highest BCUT2D eigenvalue weighted by Gasteiger charge is 2.35. The van der Waals surface area contributed by atoms with Gasteiger partial charge in [-0.05, 0) is 62.6 Å². The number of para-hydroxylation sites is 1. The van der Waals surface area contributed by atoms with Crippen molar-refractivity contribution in [1.82, 2.24) is 5.32 Å². The van der Waals surface area contributed by atoms with Crippen molar-refractivity contribution < 1.29 is 13.2 Å². The van der Waals surface area contributed by atoms with Crippen LogP contribution >= 0.6 is 0 Å². The van der Waals surface area contributed by atoms with Crippen molar-refractivity contribution in [2.24, 2.45) is 0 Å². The van der Waals surface area contributed by atoms with Crippen molar-refractivity contribution in [1.29, 1.82) is 0 Å². The lowest BCUT2D eigenvalue weighted by molar-refractivity contribution is 0.0939. The van der Waals surface area contributed by atoms with Gasteiger partial charge in [0, 0.05) is 17.6 Å². The SMILES string of the molecule is CCC(C)NC(=O)c1ccc(S(=O)(=O)N2c3ccccc3CC2C)cc1. The summed E-state index contributed by atoms with van der Waals surface area (Å²) in [5, 5.41) is 2.88. The highest BCUT2D eigenvalue weighted by atomic mass is 32.2. The number of benzene rings is 2. The van der Waals surface area contributed by atoms with Crippen LogP contribution in [0.4, 0.5) is 5.69 Å². The van der Waals surface area contributed by atoms with Gasteiger partial charge < -0.3 is 5.32 Å². The van der Waals surface area contributed by atoms with Gasteiger partial charge in [-0.15, -0.1) is 0 Å². The van der Waals surface area contributed by atoms with E-state index in [-0.39, 0.29) is 22.9 Å². The molecule has 6 heteroatoms. The first-order chi connectivity index (χ1) is 12.3. The lowest BCUT2D eigenvalue weighted by Gasteiger charge is -2.24. The summed E-state index contributed by atoms with van der Waals surface area (Å²) in [5.41, 5.74) is 2.23. The summed E-state index contributed by atoms with van der Waals surface area (Å²) in [6.45, 7) is 5.84. The number of nitrogens with one attached hydrogen (secondary N) is 1. The number of hydrogen-bond donors (Lipinski definition) is 1. The Labute approximate surface area is 155 Å². The van der Waals surface area contributed by atoms with Crippen molar-refractivity contribution >= 4 is 21.6 Å². The third-order valence-corrected chi connectivity index (χ3v) is 6.75. The van der Waals surface area contributed by atoms with Gasteiger partial charge in [0.05, 0.1) is 10.6 Å². The quantitative estimate of drug-likeness (QED) is 0.875. The van der Waals surface area contributed by atoms with E-state index in [9.17, 15) is 13.2 Å². The van der Waals surface area contributed by atoms with E-state index < -0.39 is 10.0 Å². The van der Waals surface area contributed by atoms with E-state index >= 15 is 0 Å². The Kier molecular flexibility index (Phi) is 5.05. The number of nitrogens with zero attached hydrogens (tertiary/aromatic N) is 1. The smallest absolute Gasteiger partial charge is 0.264 e. The molecule has 0 radical (unpaired) electrons. The Hall–Kier alpha value is -2.34. The summed E-state index contributed by atoms with van der Waals surface area (Å²) in [6, 6.07) is 13.7. The van der Waals surface area contributed by atoms with Crippen LogP contribution in [0.3, 0.4) is 0 Å². The first-order valence-electron chi connectivity index (χ1n) is 8.88. The molecule has 2 aromatic carbocycles. The second kappa shape index (κ2) is 7.11. The molecule has 2 atom stereocenters. The number of anilines is 1. The molecule has 26 heavy (non-hydrogen) atoms. The standard InChI is InChI=1S/C20H24N2O3S/c1-4-14(2)21-20(23)16-9-11-18(12-10-16)26(24,25)22-15(3)13-17-7-5-6-8-19(17)22/h5-12,14-15H,4,13H2,1-3H3,(H,21,23). The number of amides is 1. The zero-order chi connectivity index (χ0) is 18.9. The third-order valence-electron chi connectivity index (χ3n) is 4.81. The monoisotopic (exact) mass is 372 g/mol. The second-order valence-corrected chi connectivity index (χ2v) is 8.60. The molecule has 3 rings (SSSR count). The number of fused-ring (bicyclic) bond motifs is 1. The van der Waals surface area contributed by atoms with Crippen LogP contribution in [0.15, 0.2) is 53.4 Å². The maximum absolute atomic E-state index is 13.1. The molecule has 0 bridgehead atoms. The van der Waals surface area contributed by atoms with Gasteiger partial charge in [0.15, 0.2) is 0 Å². The lowest BCUT2D eigenvalue weighted by atomic mass is 10.1. The predicted octanol–water partition coefficient (Wildman–Crippen LogP) is 3.35. The lowest BCUT2D eigenvalue weighted by Crippen LogP contribution is -2.35. The fourth-order valence-electron chi connectivity index (χ4n) is 3.20. The summed E-state index contributed by atoms with van der Waals surface area (Å²) >= 11 is 0. The molecule has 0 fully saturated rings. The van der Waals surface area contributed by atoms with Gasteiger partial charge in [0.25, 0.3) is 15.9 Å². The van der Waals surface area contributed by atoms with Crippen LogP contribution in [0.1, 0.15) is 43.1 Å². The minimum atomic E-state index is -3.67. The first-order valence-corrected chi connectivity index (χ1v) is 10.3. The fourth-order valence-corrected chi connectivity index (χ4v) is 4.90. The highest BCUT2D eigenvalue weighted by Crippen LogP contribution is 2.36. The van der Waals surface area contributed by atoms with Gasteiger partial charge in [-0.25, -0.2) is 8.42 Å². The minimum Gasteiger partial charge on any atom is -0.350 e. The zero-order valence-electron chi connectivity index (χ0n) is 15.3. The molecule has 1 aliphatic heterocycles. The van der Waals surface area contributed by atoms with E-state index in [1.54, 1.807) is 12.1 Å². The molecule has 1 N–H and O–H groups in total. The van der Waals surface area contributed by atoms with Gasteiger partial charge in [-0.2, -0.15) is 0 Å². The number of hydrogen-bond acceptors (Lipinski definition) is 3. The van der Waals surface area contributed by atoms with Crippen molar-refractivity contribution in [2.75, 3.05) is 4.31 Å². The second-order valence-electron chi connectivity index (χ2n) is 6.79. The molecular formula is C20H24N2O3S. The molecule has 0 saturated heterocycles. The van der Waals surface area contributed by atoms with Crippen LogP contribution in [0.25, 0.3) is 0 Å². The summed E-state index contributed by atoms with van der Waals surface area (Å²) in [6.07, 6.45) is 1.54. The van der Waals surface area contributed by atoms with Crippen LogP contribution in [-0.4, -0.2) is 26.4 Å². The molecule has 138 valence electrons. The fraction of sp³-hybridized carbons (Fsp3) is 0.350. The van der Waals surface area contributed by atoms with E-state index in [4.69, 9.17) is 0 Å². The Morgan fingerprint density at radius 1 is 1.19 bits per heavy atom. The van der Waals surface area contributed by atoms with E-state index in [1.165, 1.54) is 16.4 Å². The number of sulfonamides is 1. The van der Waals surface area contributed by atoms with E-state index in [1.807, 2.05) is 45.0 Å². The zero-order valence-corrected chi connectivity index (χ0v) is 16.1. The Morgan fingerprint density at radius 2 is 1.85 bits per heavy atom. The normalized spacial score (nSPS) is 17.7. The molecule has 5 nitrogen and oxygen atoms in total. The van der Waals surface area contributed by atoms with E-state index in [0.717, 1.165) is 17.7 Å². The average Bonchev–Trinajstić information content (AvgIpc) is 2.98. The molecular weight excluding hydrogens is 348 g/mol. The Morgan fingerprint density at radius 3 is 2.50 bits per heavy atom. The molecule has 0 spiro atoms. The van der Waals surface area contributed by atoms with Crippen LogP contribution in [0.5, 0.6) is 0 Å². The van der Waals surface area contributed by atoms with Gasteiger partial charge in [-0.1, -0.05) is 25.1 Å².